The van der Waals surface area contributed by atoms with E-state index in [0.717, 1.165) is 74.0 Å². The number of fused-ring (bicyclic) bond motifs is 2. The molecule has 2 aromatic carbocycles. The highest BCUT2D eigenvalue weighted by Gasteiger charge is 2.47. The Morgan fingerprint density at radius 2 is 0.974 bits per heavy atom. The molecule has 0 saturated carbocycles. The van der Waals surface area contributed by atoms with Crippen LogP contribution < -0.4 is 20.1 Å². The Hall–Kier alpha value is -7.08. The number of rotatable bonds is 26. The molecule has 2 saturated heterocycles. The quantitative estimate of drug-likeness (QED) is 0.0394. The van der Waals surface area contributed by atoms with Crippen molar-refractivity contribution in [1.29, 1.82) is 0 Å². The minimum absolute atomic E-state index is 0. The molecule has 77 heavy (non-hydrogen) atoms. The van der Waals surface area contributed by atoms with Gasteiger partial charge in [-0.15, -0.1) is 0 Å². The second-order valence-corrected chi connectivity index (χ2v) is 18.8. The molecule has 24 heteroatoms. The van der Waals surface area contributed by atoms with Gasteiger partial charge in [-0.3, -0.25) is 73.2 Å². The summed E-state index contributed by atoms with van der Waals surface area (Å²) in [6.07, 6.45) is 3.99. The van der Waals surface area contributed by atoms with Crippen LogP contribution in [0.1, 0.15) is 172 Å². The van der Waals surface area contributed by atoms with Crippen molar-refractivity contribution in [2.24, 2.45) is 0 Å². The Labute approximate surface area is 444 Å². The van der Waals surface area contributed by atoms with Crippen molar-refractivity contribution in [3.8, 4) is 11.5 Å². The van der Waals surface area contributed by atoms with E-state index in [0.29, 0.717) is 44.5 Å². The predicted octanol–water partition coefficient (Wildman–Crippen LogP) is 6.46. The average molecular weight is 1090 g/mol. The third kappa shape index (κ3) is 20.4. The molecule has 2 unspecified atom stereocenters. The fraction of sp³-hybridized carbons (Fsp3) is 0.566. The highest BCUT2D eigenvalue weighted by atomic mass is 19.4. The lowest BCUT2D eigenvalue weighted by atomic mass is 10.0. The largest absolute Gasteiger partial charge is 0.493 e. The number of amides is 8. The molecule has 0 bridgehead atoms. The van der Waals surface area contributed by atoms with E-state index >= 15 is 0 Å². The third-order valence-electron chi connectivity index (χ3n) is 11.7. The zero-order valence-corrected chi connectivity index (χ0v) is 42.8. The number of hydrogen-bond donors (Lipinski definition) is 3. The predicted molar refractivity (Wildman–Crippen MR) is 267 cm³/mol. The van der Waals surface area contributed by atoms with Crippen molar-refractivity contribution in [3.63, 3.8) is 0 Å². The summed E-state index contributed by atoms with van der Waals surface area (Å²) in [6.45, 7) is 7.99. The molecule has 6 rings (SSSR count). The molecule has 2 fully saturated rings. The van der Waals surface area contributed by atoms with Crippen molar-refractivity contribution in [2.75, 3.05) is 39.6 Å². The lowest BCUT2D eigenvalue weighted by Crippen LogP contribution is -2.54. The number of carboxylic acid groups (broad SMARTS) is 1. The fourth-order valence-electron chi connectivity index (χ4n) is 8.16. The summed E-state index contributed by atoms with van der Waals surface area (Å²) in [6, 6.07) is 7.64. The number of nitrogens with one attached hydrogen (secondary N) is 2. The number of imide groups is 4. The van der Waals surface area contributed by atoms with Crippen LogP contribution in [-0.4, -0.2) is 144 Å². The summed E-state index contributed by atoms with van der Waals surface area (Å²) in [7, 11) is 0. The minimum Gasteiger partial charge on any atom is -0.493 e. The van der Waals surface area contributed by atoms with Gasteiger partial charge in [0, 0.05) is 26.1 Å². The topological polar surface area (TPSA) is 285 Å². The van der Waals surface area contributed by atoms with Crippen molar-refractivity contribution in [1.82, 2.24) is 20.4 Å². The molecule has 4 aliphatic heterocycles. The summed E-state index contributed by atoms with van der Waals surface area (Å²) in [5, 5.41) is 12.9. The van der Waals surface area contributed by atoms with E-state index in [-0.39, 0.29) is 80.8 Å². The molecule has 21 nitrogen and oxygen atoms in total. The van der Waals surface area contributed by atoms with Gasteiger partial charge in [0.2, 0.25) is 29.9 Å². The number of alkyl halides is 3. The number of aliphatic carboxylic acids is 1. The third-order valence-corrected chi connectivity index (χ3v) is 11.7. The average Bonchev–Trinajstić information content (AvgIpc) is 3.76. The molecule has 0 aliphatic carbocycles. The fourth-order valence-corrected chi connectivity index (χ4v) is 8.16. The number of halogens is 3. The van der Waals surface area contributed by atoms with Gasteiger partial charge < -0.3 is 28.8 Å². The van der Waals surface area contributed by atoms with E-state index in [1.54, 1.807) is 30.3 Å². The first-order valence-electron chi connectivity index (χ1n) is 25.1. The van der Waals surface area contributed by atoms with Gasteiger partial charge in [0.15, 0.2) is 0 Å². The van der Waals surface area contributed by atoms with Crippen molar-refractivity contribution < 1.29 is 94.7 Å². The van der Waals surface area contributed by atoms with Crippen LogP contribution in [0.25, 0.3) is 0 Å². The monoisotopic (exact) mass is 1090 g/mol. The van der Waals surface area contributed by atoms with Gasteiger partial charge in [-0.2, -0.15) is 13.2 Å². The van der Waals surface area contributed by atoms with Gasteiger partial charge in [0.1, 0.15) is 29.2 Å². The Balaban J connectivity index is 0.000000364. The SMILES string of the molecule is C.CC(C)(C)OC(=O)CCOCCCCCCCOc1cccc2c1C(=O)N(C1CCC(=O)NC1=O)C2=O.O=C(O)CCOCCCCCCCOc1cccc2c1C(=O)N(C1CCC(=O)NC1=O)C2=O.O=CC(F)(F)F. The highest BCUT2D eigenvalue weighted by molar-refractivity contribution is 6.25. The Bertz CT molecular complexity index is 2440. The van der Waals surface area contributed by atoms with Crippen LogP contribution in [0.4, 0.5) is 13.2 Å². The maximum atomic E-state index is 13.1. The number of piperidine rings is 2. The summed E-state index contributed by atoms with van der Waals surface area (Å²) < 4.78 is 58.9. The number of hydrogen-bond acceptors (Lipinski definition) is 16. The molecule has 2 atom stereocenters. The zero-order valence-electron chi connectivity index (χ0n) is 42.8. The van der Waals surface area contributed by atoms with Crippen LogP contribution in [0.3, 0.4) is 0 Å². The number of carbonyl (C=O) groups is 11. The van der Waals surface area contributed by atoms with Gasteiger partial charge in [-0.25, -0.2) is 0 Å². The van der Waals surface area contributed by atoms with Crippen molar-refractivity contribution >= 4 is 65.5 Å². The number of carboxylic acids is 1. The summed E-state index contributed by atoms with van der Waals surface area (Å²) >= 11 is 0. The molecule has 8 amide bonds. The van der Waals surface area contributed by atoms with Gasteiger partial charge in [0.05, 0.1) is 61.5 Å². The lowest BCUT2D eigenvalue weighted by molar-refractivity contribution is -0.156. The number of benzene rings is 2. The van der Waals surface area contributed by atoms with E-state index in [4.69, 9.17) is 33.6 Å². The molecule has 4 aliphatic rings. The lowest BCUT2D eigenvalue weighted by Gasteiger charge is -2.27. The Kier molecular flexibility index (Phi) is 26.0. The standard InChI is InChI=1S/C27H36N2O8.C23H28N2O8.C2HF3O.CH4/c1-27(2,3)37-22(31)14-17-35-15-7-5-4-6-8-16-36-20-11-9-10-18-23(20)26(34)29(25(18)33)19-12-13-21(30)28-24(19)32;26-18-10-9-16(21(29)24-18)25-22(30)15-7-6-8-17(20(15)23(25)31)33-13-5-3-1-2-4-12-32-14-11-19(27)28;3-2(4,5)1-6;/h9-11,19H,4-8,12-17H2,1-3H3,(H,28,30,32);6-8,16H,1-5,9-14H2,(H,27,28)(H,24,26,29);1H;1H4. The second kappa shape index (κ2) is 31.2. The zero-order chi connectivity index (χ0) is 56.0. The number of carbonyl (C=O) groups excluding carboxylic acids is 10. The Morgan fingerprint density at radius 3 is 1.34 bits per heavy atom. The first kappa shape index (κ1) is 64.2. The summed E-state index contributed by atoms with van der Waals surface area (Å²) in [5.74, 6) is -4.85. The van der Waals surface area contributed by atoms with Crippen molar-refractivity contribution in [3.05, 3.63) is 58.7 Å². The molecule has 424 valence electrons. The Morgan fingerprint density at radius 1 is 0.597 bits per heavy atom. The first-order chi connectivity index (χ1) is 36.0. The van der Waals surface area contributed by atoms with Crippen LogP contribution in [0.2, 0.25) is 0 Å². The molecular weight excluding hydrogens is 1020 g/mol. The van der Waals surface area contributed by atoms with Crippen molar-refractivity contribution in [2.45, 2.75) is 155 Å². The molecule has 0 radical (unpaired) electrons. The first-order valence-corrected chi connectivity index (χ1v) is 25.1. The maximum absolute atomic E-state index is 13.1. The van der Waals surface area contributed by atoms with E-state index in [9.17, 15) is 61.1 Å². The number of unbranched alkanes of at least 4 members (excludes halogenated alkanes) is 8. The van der Waals surface area contributed by atoms with Crippen LogP contribution in [0.5, 0.6) is 11.5 Å². The van der Waals surface area contributed by atoms with Gasteiger partial charge >= 0.3 is 18.1 Å². The second-order valence-electron chi connectivity index (χ2n) is 18.8. The highest BCUT2D eigenvalue weighted by Crippen LogP contribution is 2.35. The number of ether oxygens (including phenoxy) is 5. The molecule has 0 aromatic heterocycles. The van der Waals surface area contributed by atoms with Crippen LogP contribution in [-0.2, 0) is 47.8 Å². The van der Waals surface area contributed by atoms with Crippen LogP contribution >= 0.6 is 0 Å². The summed E-state index contributed by atoms with van der Waals surface area (Å²) in [4.78, 5) is 132. The smallest absolute Gasteiger partial charge is 0.446 e. The van der Waals surface area contributed by atoms with Crippen LogP contribution in [0, 0.1) is 0 Å². The normalized spacial score (nSPS) is 17.0. The van der Waals surface area contributed by atoms with E-state index in [1.807, 2.05) is 20.8 Å². The molecular formula is C53H69F3N4O17. The summed E-state index contributed by atoms with van der Waals surface area (Å²) in [5.41, 5.74) is 0.250. The van der Waals surface area contributed by atoms with E-state index in [1.165, 1.54) is 6.07 Å². The van der Waals surface area contributed by atoms with E-state index < -0.39 is 83.4 Å². The number of aldehydes is 1. The maximum Gasteiger partial charge on any atom is 0.446 e. The van der Waals surface area contributed by atoms with E-state index in [2.05, 4.69) is 10.6 Å². The molecule has 3 N–H and O–H groups in total. The molecule has 4 heterocycles. The van der Waals surface area contributed by atoms with Crippen LogP contribution in [0.15, 0.2) is 36.4 Å². The van der Waals surface area contributed by atoms with Gasteiger partial charge in [0.25, 0.3) is 23.6 Å². The molecule has 2 aromatic rings. The van der Waals surface area contributed by atoms with Gasteiger partial charge in [-0.1, -0.05) is 58.1 Å². The number of esters is 1. The van der Waals surface area contributed by atoms with Gasteiger partial charge in [-0.05, 0) is 83.6 Å². The number of nitrogens with zero attached hydrogens (tertiary/aromatic N) is 2. The minimum atomic E-state index is -4.64. The molecule has 0 spiro atoms.